The fourth-order valence-electron chi connectivity index (χ4n) is 5.04. The maximum absolute atomic E-state index is 14.7. The maximum Gasteiger partial charge on any atom is 0.225 e. The summed E-state index contributed by atoms with van der Waals surface area (Å²) in [5, 5.41) is 15.9. The van der Waals surface area contributed by atoms with Crippen molar-refractivity contribution in [2.45, 2.75) is 63.1 Å². The summed E-state index contributed by atoms with van der Waals surface area (Å²) in [6, 6.07) is 1.94. The molecule has 0 radical (unpaired) electrons. The van der Waals surface area contributed by atoms with Crippen LogP contribution in [0.1, 0.15) is 51.0 Å². The smallest absolute Gasteiger partial charge is 0.225 e. The number of rotatable bonds is 6. The van der Waals surface area contributed by atoms with Crippen molar-refractivity contribution in [1.82, 2.24) is 19.5 Å². The lowest BCUT2D eigenvalue weighted by molar-refractivity contribution is -0.122. The van der Waals surface area contributed by atoms with Crippen LogP contribution in [-0.4, -0.2) is 42.7 Å². The van der Waals surface area contributed by atoms with Crippen LogP contribution in [0.2, 0.25) is 5.02 Å². The average molecular weight is 506 g/mol. The molecule has 1 aromatic carbocycles. The Morgan fingerprint density at radius 3 is 2.60 bits per heavy atom. The van der Waals surface area contributed by atoms with Crippen LogP contribution in [0.25, 0.3) is 11.2 Å². The van der Waals surface area contributed by atoms with Crippen molar-refractivity contribution in [2.75, 3.05) is 10.6 Å². The normalized spacial score (nSPS) is 24.6. The highest BCUT2D eigenvalue weighted by Gasteiger charge is 2.30. The summed E-state index contributed by atoms with van der Waals surface area (Å²) in [5.41, 5.74) is 5.99. The quantitative estimate of drug-likeness (QED) is 0.372. The minimum absolute atomic E-state index is 0.136. The molecule has 5 N–H and O–H groups in total. The van der Waals surface area contributed by atoms with Crippen LogP contribution in [0.3, 0.4) is 0 Å². The van der Waals surface area contributed by atoms with E-state index >= 15 is 0 Å². The highest BCUT2D eigenvalue weighted by molar-refractivity contribution is 6.31. The topological polar surface area (TPSA) is 131 Å². The summed E-state index contributed by atoms with van der Waals surface area (Å²) in [7, 11) is 0. The van der Waals surface area contributed by atoms with Crippen molar-refractivity contribution in [1.29, 1.82) is 0 Å². The van der Waals surface area contributed by atoms with Crippen LogP contribution in [-0.2, 0) is 4.79 Å². The molecule has 2 aliphatic rings. The summed E-state index contributed by atoms with van der Waals surface area (Å²) in [6.07, 6.45) is 5.89. The molecule has 0 spiro atoms. The van der Waals surface area contributed by atoms with E-state index in [0.29, 0.717) is 49.2 Å². The Labute approximate surface area is 205 Å². The Bertz CT molecular complexity index is 1260. The van der Waals surface area contributed by atoms with Crippen LogP contribution in [0.4, 0.5) is 26.4 Å². The van der Waals surface area contributed by atoms with Crippen molar-refractivity contribution in [2.24, 2.45) is 11.7 Å². The third kappa shape index (κ3) is 4.62. The van der Waals surface area contributed by atoms with E-state index < -0.39 is 23.4 Å². The van der Waals surface area contributed by atoms with Gasteiger partial charge < -0.3 is 21.5 Å². The highest BCUT2D eigenvalue weighted by atomic mass is 35.5. The zero-order chi connectivity index (χ0) is 24.7. The molecule has 2 fully saturated rings. The Kier molecular flexibility index (Phi) is 6.45. The van der Waals surface area contributed by atoms with Gasteiger partial charge in [0.05, 0.1) is 23.4 Å². The first-order valence-electron chi connectivity index (χ1n) is 11.7. The SMILES string of the molecule is NC(=O)[C@H]1CC[C@@H](n2c(Nc3c(F)ccc(Cl)c3F)nc3cnc(N[C@@H]4CCC[C@H]4O)nc32)CC1. The van der Waals surface area contributed by atoms with Crippen LogP contribution in [0.15, 0.2) is 18.3 Å². The number of carbonyl (C=O) groups is 1. The van der Waals surface area contributed by atoms with Crippen molar-refractivity contribution in [3.05, 3.63) is 35.0 Å². The number of nitrogens with zero attached hydrogens (tertiary/aromatic N) is 4. The molecule has 2 saturated carbocycles. The molecule has 35 heavy (non-hydrogen) atoms. The van der Waals surface area contributed by atoms with Gasteiger partial charge in [0.15, 0.2) is 11.5 Å². The van der Waals surface area contributed by atoms with Crippen molar-refractivity contribution in [3.63, 3.8) is 0 Å². The number of aliphatic hydroxyl groups is 1. The van der Waals surface area contributed by atoms with E-state index in [1.807, 2.05) is 0 Å². The fourth-order valence-corrected chi connectivity index (χ4v) is 5.20. The lowest BCUT2D eigenvalue weighted by atomic mass is 9.85. The summed E-state index contributed by atoms with van der Waals surface area (Å²) >= 11 is 5.87. The molecule has 2 heterocycles. The van der Waals surface area contributed by atoms with Gasteiger partial charge in [-0.15, -0.1) is 0 Å². The second-order valence-electron chi connectivity index (χ2n) is 9.21. The number of hydrogen-bond acceptors (Lipinski definition) is 7. The van der Waals surface area contributed by atoms with Crippen LogP contribution in [0.5, 0.6) is 0 Å². The van der Waals surface area contributed by atoms with Crippen molar-refractivity contribution < 1.29 is 18.7 Å². The van der Waals surface area contributed by atoms with E-state index in [9.17, 15) is 18.7 Å². The molecule has 3 aromatic rings. The predicted molar refractivity (Wildman–Crippen MR) is 127 cm³/mol. The van der Waals surface area contributed by atoms with Crippen LogP contribution >= 0.6 is 11.6 Å². The van der Waals surface area contributed by atoms with Gasteiger partial charge in [-0.25, -0.2) is 18.7 Å². The molecule has 0 bridgehead atoms. The predicted octanol–water partition coefficient (Wildman–Crippen LogP) is 4.04. The number of carbonyl (C=O) groups excluding carboxylic acids is 1. The summed E-state index contributed by atoms with van der Waals surface area (Å²) in [5.74, 6) is -1.75. The Hall–Kier alpha value is -3.05. The van der Waals surface area contributed by atoms with Crippen LogP contribution in [0, 0.1) is 17.6 Å². The van der Waals surface area contributed by atoms with E-state index in [1.165, 1.54) is 6.20 Å². The number of benzene rings is 1. The minimum Gasteiger partial charge on any atom is -0.391 e. The Morgan fingerprint density at radius 1 is 1.14 bits per heavy atom. The maximum atomic E-state index is 14.7. The first kappa shape index (κ1) is 23.7. The number of nitrogens with one attached hydrogen (secondary N) is 2. The number of amides is 1. The molecule has 0 unspecified atom stereocenters. The summed E-state index contributed by atoms with van der Waals surface area (Å²) in [6.45, 7) is 0. The van der Waals surface area contributed by atoms with Crippen molar-refractivity contribution in [3.8, 4) is 0 Å². The van der Waals surface area contributed by atoms with Gasteiger partial charge in [-0.2, -0.15) is 4.98 Å². The Balaban J connectivity index is 1.54. The summed E-state index contributed by atoms with van der Waals surface area (Å²) < 4.78 is 31.0. The zero-order valence-corrected chi connectivity index (χ0v) is 19.6. The number of primary amides is 1. The fraction of sp³-hybridized carbons (Fsp3) is 0.478. The monoisotopic (exact) mass is 505 g/mol. The molecular formula is C23H26ClF2N7O2. The third-order valence-corrected chi connectivity index (χ3v) is 7.26. The molecule has 2 aromatic heterocycles. The average Bonchev–Trinajstić information content (AvgIpc) is 3.41. The number of halogens is 3. The van der Waals surface area contributed by atoms with Gasteiger partial charge in [-0.1, -0.05) is 11.6 Å². The summed E-state index contributed by atoms with van der Waals surface area (Å²) in [4.78, 5) is 25.2. The lowest BCUT2D eigenvalue weighted by Crippen LogP contribution is -2.29. The zero-order valence-electron chi connectivity index (χ0n) is 18.8. The van der Waals surface area contributed by atoms with Gasteiger partial charge in [0.25, 0.3) is 0 Å². The van der Waals surface area contributed by atoms with E-state index in [2.05, 4.69) is 25.6 Å². The molecule has 0 saturated heterocycles. The Morgan fingerprint density at radius 2 is 1.91 bits per heavy atom. The van der Waals surface area contributed by atoms with Gasteiger partial charge in [-0.05, 0) is 57.1 Å². The molecule has 12 heteroatoms. The highest BCUT2D eigenvalue weighted by Crippen LogP contribution is 2.38. The van der Waals surface area contributed by atoms with E-state index in [1.54, 1.807) is 4.57 Å². The molecule has 0 aliphatic heterocycles. The van der Waals surface area contributed by atoms with E-state index in [0.717, 1.165) is 25.0 Å². The molecule has 1 amide bonds. The molecule has 2 atom stereocenters. The minimum atomic E-state index is -0.925. The number of hydrogen-bond donors (Lipinski definition) is 4. The standard InChI is InChI=1S/C23H26ClF2N7O2/c24-13-8-9-14(25)19(18(13)26)31-23-30-16-10-28-22(29-15-2-1-3-17(15)34)32-21(16)33(23)12-6-4-11(5-7-12)20(27)35/h8-12,15,17,34H,1-7H2,(H2,27,35)(H,30,31)(H,28,29,32)/t11-,12+,15-,17-/m1/s1. The number of anilines is 3. The number of imidazole rings is 1. The first-order chi connectivity index (χ1) is 16.8. The van der Waals surface area contributed by atoms with E-state index in [4.69, 9.17) is 17.3 Å². The lowest BCUT2D eigenvalue weighted by Gasteiger charge is -2.29. The van der Waals surface area contributed by atoms with Gasteiger partial charge in [-0.3, -0.25) is 9.36 Å². The second kappa shape index (κ2) is 9.54. The number of aromatic nitrogens is 4. The van der Waals surface area contributed by atoms with Gasteiger partial charge in [0, 0.05) is 12.0 Å². The first-order valence-corrected chi connectivity index (χ1v) is 12.1. The molecule has 186 valence electrons. The van der Waals surface area contributed by atoms with Gasteiger partial charge in [0.2, 0.25) is 17.8 Å². The van der Waals surface area contributed by atoms with Gasteiger partial charge >= 0.3 is 0 Å². The van der Waals surface area contributed by atoms with Crippen LogP contribution < -0.4 is 16.4 Å². The molecule has 2 aliphatic carbocycles. The van der Waals surface area contributed by atoms with E-state index in [-0.39, 0.29) is 34.9 Å². The molecule has 5 rings (SSSR count). The largest absolute Gasteiger partial charge is 0.391 e. The second-order valence-corrected chi connectivity index (χ2v) is 9.62. The third-order valence-electron chi connectivity index (χ3n) is 6.97. The molecular weight excluding hydrogens is 480 g/mol. The van der Waals surface area contributed by atoms with Crippen molar-refractivity contribution >= 4 is 46.3 Å². The number of aliphatic hydroxyl groups excluding tert-OH is 1. The van der Waals surface area contributed by atoms with Gasteiger partial charge in [0.1, 0.15) is 17.0 Å². The molecule has 9 nitrogen and oxygen atoms in total. The number of fused-ring (bicyclic) bond motifs is 1. The number of nitrogens with two attached hydrogens (primary N) is 1.